The Bertz CT molecular complexity index is 607. The molecule has 0 fully saturated rings. The number of benzene rings is 1. The SMILES string of the molecule is COCc1nc(Cc2ccc(OC)cc2)sc1CC(=O)O. The lowest BCUT2D eigenvalue weighted by molar-refractivity contribution is -0.136. The third-order valence-corrected chi connectivity index (χ3v) is 4.03. The van der Waals surface area contributed by atoms with Crippen LogP contribution in [-0.2, 0) is 29.0 Å². The molecule has 0 radical (unpaired) electrons. The van der Waals surface area contributed by atoms with Gasteiger partial charge in [-0.25, -0.2) is 4.98 Å². The van der Waals surface area contributed by atoms with E-state index in [0.717, 1.165) is 21.2 Å². The summed E-state index contributed by atoms with van der Waals surface area (Å²) in [7, 11) is 3.21. The van der Waals surface area contributed by atoms with E-state index < -0.39 is 5.97 Å². The fourth-order valence-electron chi connectivity index (χ4n) is 1.96. The van der Waals surface area contributed by atoms with Crippen molar-refractivity contribution in [3.8, 4) is 5.75 Å². The van der Waals surface area contributed by atoms with Crippen LogP contribution in [0.4, 0.5) is 0 Å². The van der Waals surface area contributed by atoms with Gasteiger partial charge in [0.1, 0.15) is 5.75 Å². The summed E-state index contributed by atoms with van der Waals surface area (Å²) in [4.78, 5) is 16.1. The Labute approximate surface area is 127 Å². The van der Waals surface area contributed by atoms with Gasteiger partial charge in [0.05, 0.1) is 30.8 Å². The molecule has 1 aromatic heterocycles. The zero-order chi connectivity index (χ0) is 15.2. The summed E-state index contributed by atoms with van der Waals surface area (Å²) >= 11 is 1.43. The summed E-state index contributed by atoms with van der Waals surface area (Å²) in [6.45, 7) is 0.335. The Kier molecular flexibility index (Phi) is 5.30. The lowest BCUT2D eigenvalue weighted by Gasteiger charge is -2.01. The molecule has 1 heterocycles. The van der Waals surface area contributed by atoms with E-state index in [1.54, 1.807) is 14.2 Å². The van der Waals surface area contributed by atoms with Crippen LogP contribution in [0.15, 0.2) is 24.3 Å². The maximum atomic E-state index is 10.9. The molecule has 6 heteroatoms. The molecule has 112 valence electrons. The minimum Gasteiger partial charge on any atom is -0.497 e. The maximum absolute atomic E-state index is 10.9. The van der Waals surface area contributed by atoms with Crippen molar-refractivity contribution in [3.63, 3.8) is 0 Å². The van der Waals surface area contributed by atoms with E-state index in [4.69, 9.17) is 14.6 Å². The highest BCUT2D eigenvalue weighted by Gasteiger charge is 2.14. The van der Waals surface area contributed by atoms with Crippen molar-refractivity contribution in [2.75, 3.05) is 14.2 Å². The Balaban J connectivity index is 2.16. The monoisotopic (exact) mass is 307 g/mol. The van der Waals surface area contributed by atoms with Crippen molar-refractivity contribution in [1.29, 1.82) is 0 Å². The molecule has 2 aromatic rings. The molecule has 5 nitrogen and oxygen atoms in total. The molecule has 0 unspecified atom stereocenters. The number of aromatic nitrogens is 1. The van der Waals surface area contributed by atoms with Crippen molar-refractivity contribution < 1.29 is 19.4 Å². The number of carbonyl (C=O) groups is 1. The summed E-state index contributed by atoms with van der Waals surface area (Å²) in [5, 5.41) is 9.83. The van der Waals surface area contributed by atoms with Crippen LogP contribution in [0.25, 0.3) is 0 Å². The fourth-order valence-corrected chi connectivity index (χ4v) is 3.05. The van der Waals surface area contributed by atoms with Crippen LogP contribution in [0.1, 0.15) is 21.1 Å². The number of hydrogen-bond acceptors (Lipinski definition) is 5. The number of thiazole rings is 1. The zero-order valence-electron chi connectivity index (χ0n) is 12.0. The van der Waals surface area contributed by atoms with Crippen LogP contribution in [0.3, 0.4) is 0 Å². The first-order valence-corrected chi connectivity index (χ1v) is 7.25. The van der Waals surface area contributed by atoms with Gasteiger partial charge < -0.3 is 14.6 Å². The first-order chi connectivity index (χ1) is 10.1. The Morgan fingerprint density at radius 1 is 1.29 bits per heavy atom. The fraction of sp³-hybridized carbons (Fsp3) is 0.333. The number of carboxylic acids is 1. The summed E-state index contributed by atoms with van der Waals surface area (Å²) in [5.74, 6) is -0.0449. The number of nitrogens with zero attached hydrogens (tertiary/aromatic N) is 1. The van der Waals surface area contributed by atoms with Crippen LogP contribution in [0.5, 0.6) is 5.75 Å². The van der Waals surface area contributed by atoms with E-state index in [2.05, 4.69) is 4.98 Å². The molecular weight excluding hydrogens is 290 g/mol. The largest absolute Gasteiger partial charge is 0.497 e. The predicted molar refractivity (Wildman–Crippen MR) is 80.0 cm³/mol. The summed E-state index contributed by atoms with van der Waals surface area (Å²) < 4.78 is 10.2. The Morgan fingerprint density at radius 2 is 2.00 bits per heavy atom. The van der Waals surface area contributed by atoms with Gasteiger partial charge in [0.15, 0.2) is 0 Å². The van der Waals surface area contributed by atoms with Crippen molar-refractivity contribution in [1.82, 2.24) is 4.98 Å². The molecule has 0 amide bonds. The average molecular weight is 307 g/mol. The molecule has 0 aliphatic carbocycles. The molecular formula is C15H17NO4S. The van der Waals surface area contributed by atoms with Gasteiger partial charge in [-0.3, -0.25) is 4.79 Å². The van der Waals surface area contributed by atoms with Crippen LogP contribution < -0.4 is 4.74 Å². The van der Waals surface area contributed by atoms with Crippen LogP contribution in [0.2, 0.25) is 0 Å². The number of rotatable bonds is 7. The molecule has 0 spiro atoms. The second kappa shape index (κ2) is 7.19. The highest BCUT2D eigenvalue weighted by atomic mass is 32.1. The number of carboxylic acid groups (broad SMARTS) is 1. The molecule has 0 saturated heterocycles. The molecule has 2 rings (SSSR count). The number of methoxy groups -OCH3 is 2. The lowest BCUT2D eigenvalue weighted by Crippen LogP contribution is -2.01. The summed E-state index contributed by atoms with van der Waals surface area (Å²) in [6.07, 6.45) is 0.657. The van der Waals surface area contributed by atoms with E-state index >= 15 is 0 Å². The molecule has 21 heavy (non-hydrogen) atoms. The van der Waals surface area contributed by atoms with Gasteiger partial charge in [-0.1, -0.05) is 12.1 Å². The third kappa shape index (κ3) is 4.27. The molecule has 1 N–H and O–H groups in total. The van der Waals surface area contributed by atoms with Crippen LogP contribution in [-0.4, -0.2) is 30.3 Å². The zero-order valence-corrected chi connectivity index (χ0v) is 12.8. The Morgan fingerprint density at radius 3 is 2.57 bits per heavy atom. The molecule has 0 saturated carbocycles. The molecule has 0 atom stereocenters. The molecule has 0 bridgehead atoms. The minimum absolute atomic E-state index is 0.0149. The van der Waals surface area contributed by atoms with Gasteiger partial charge in [-0.15, -0.1) is 11.3 Å². The van der Waals surface area contributed by atoms with Gasteiger partial charge in [0.25, 0.3) is 0 Å². The quantitative estimate of drug-likeness (QED) is 0.851. The second-order valence-electron chi connectivity index (χ2n) is 4.51. The number of aliphatic carboxylic acids is 1. The lowest BCUT2D eigenvalue weighted by atomic mass is 10.1. The van der Waals surface area contributed by atoms with E-state index in [9.17, 15) is 4.79 Å². The number of ether oxygens (including phenoxy) is 2. The molecule has 1 aromatic carbocycles. The van der Waals surface area contributed by atoms with Gasteiger partial charge >= 0.3 is 5.97 Å². The van der Waals surface area contributed by atoms with Gasteiger partial charge in [0, 0.05) is 18.4 Å². The topological polar surface area (TPSA) is 68.7 Å². The number of hydrogen-bond donors (Lipinski definition) is 1. The smallest absolute Gasteiger partial charge is 0.308 e. The van der Waals surface area contributed by atoms with Crippen molar-refractivity contribution in [3.05, 3.63) is 45.4 Å². The van der Waals surface area contributed by atoms with E-state index in [1.165, 1.54) is 11.3 Å². The standard InChI is InChI=1S/C15H17NO4S/c1-19-9-12-13(8-15(17)18)21-14(16-12)7-10-3-5-11(20-2)6-4-10/h3-6H,7-9H2,1-2H3,(H,17,18). The van der Waals surface area contributed by atoms with Crippen molar-refractivity contribution >= 4 is 17.3 Å². The normalized spacial score (nSPS) is 10.6. The van der Waals surface area contributed by atoms with Crippen molar-refractivity contribution in [2.24, 2.45) is 0 Å². The van der Waals surface area contributed by atoms with Gasteiger partial charge in [-0.2, -0.15) is 0 Å². The second-order valence-corrected chi connectivity index (χ2v) is 5.67. The average Bonchev–Trinajstić information content (AvgIpc) is 2.81. The van der Waals surface area contributed by atoms with Crippen LogP contribution in [0, 0.1) is 0 Å². The van der Waals surface area contributed by atoms with E-state index in [-0.39, 0.29) is 6.42 Å². The van der Waals surface area contributed by atoms with Crippen molar-refractivity contribution in [2.45, 2.75) is 19.4 Å². The van der Waals surface area contributed by atoms with Gasteiger partial charge in [0.2, 0.25) is 0 Å². The van der Waals surface area contributed by atoms with Gasteiger partial charge in [-0.05, 0) is 17.7 Å². The summed E-state index contributed by atoms with van der Waals surface area (Å²) in [5.41, 5.74) is 1.82. The molecule has 0 aliphatic rings. The highest BCUT2D eigenvalue weighted by molar-refractivity contribution is 7.11. The Hall–Kier alpha value is -1.92. The van der Waals surface area contributed by atoms with E-state index in [1.807, 2.05) is 24.3 Å². The van der Waals surface area contributed by atoms with E-state index in [0.29, 0.717) is 18.7 Å². The maximum Gasteiger partial charge on any atom is 0.308 e. The minimum atomic E-state index is -0.855. The predicted octanol–water partition coefficient (Wildman–Crippen LogP) is 2.52. The first kappa shape index (κ1) is 15.5. The van der Waals surface area contributed by atoms with Crippen LogP contribution >= 0.6 is 11.3 Å². The first-order valence-electron chi connectivity index (χ1n) is 6.43. The third-order valence-electron chi connectivity index (χ3n) is 2.93. The summed E-state index contributed by atoms with van der Waals surface area (Å²) in [6, 6.07) is 7.76. The highest BCUT2D eigenvalue weighted by Crippen LogP contribution is 2.23. The molecule has 0 aliphatic heterocycles.